The van der Waals surface area contributed by atoms with E-state index < -0.39 is 6.04 Å². The van der Waals surface area contributed by atoms with Crippen LogP contribution in [0.5, 0.6) is 0 Å². The van der Waals surface area contributed by atoms with E-state index in [0.717, 1.165) is 12.1 Å². The predicted octanol–water partition coefficient (Wildman–Crippen LogP) is 1.29. The van der Waals surface area contributed by atoms with Gasteiger partial charge >= 0.3 is 5.69 Å². The predicted molar refractivity (Wildman–Crippen MR) is 97.8 cm³/mol. The highest BCUT2D eigenvalue weighted by Gasteiger charge is 2.36. The molecule has 9 heteroatoms. The van der Waals surface area contributed by atoms with Crippen molar-refractivity contribution in [3.05, 3.63) is 27.1 Å². The van der Waals surface area contributed by atoms with Gasteiger partial charge in [0.05, 0.1) is 44.5 Å². The van der Waals surface area contributed by atoms with Crippen LogP contribution in [0.4, 0.5) is 11.5 Å². The Kier molecular flexibility index (Phi) is 3.50. The molecule has 2 aliphatic rings. The van der Waals surface area contributed by atoms with Crippen molar-refractivity contribution in [2.45, 2.75) is 13.0 Å². The average Bonchev–Trinajstić information content (AvgIpc) is 2.66. The van der Waals surface area contributed by atoms with Crippen molar-refractivity contribution in [2.24, 2.45) is 0 Å². The molecule has 0 bridgehead atoms. The molecular weight excluding hydrogens is 433 g/mol. The van der Waals surface area contributed by atoms with Crippen LogP contribution in [0.15, 0.2) is 10.9 Å². The summed E-state index contributed by atoms with van der Waals surface area (Å²) in [5, 5.41) is 7.33. The van der Waals surface area contributed by atoms with Gasteiger partial charge in [-0.25, -0.2) is 7.58 Å². The van der Waals surface area contributed by atoms with Crippen LogP contribution in [0.2, 0.25) is 5.02 Å². The Hall–Kier alpha value is -1.39. The monoisotopic (exact) mass is 445 g/mol. The fourth-order valence-corrected chi connectivity index (χ4v) is 3.86. The fraction of sp³-hybridized carbons (Fsp3) is 0.357. The van der Waals surface area contributed by atoms with E-state index in [1.807, 2.05) is 40.8 Å². The zero-order chi connectivity index (χ0) is 16.3. The summed E-state index contributed by atoms with van der Waals surface area (Å²) in [6.45, 7) is 3.70. The molecule has 0 spiro atoms. The highest BCUT2D eigenvalue weighted by Crippen LogP contribution is 2.41. The van der Waals surface area contributed by atoms with E-state index in [0.29, 0.717) is 40.5 Å². The molecule has 1 aromatic heterocycles. The van der Waals surface area contributed by atoms with Crippen molar-refractivity contribution in [1.82, 2.24) is 13.1 Å². The lowest BCUT2D eigenvalue weighted by molar-refractivity contribution is -0.117. The van der Waals surface area contributed by atoms with Gasteiger partial charge in [0.25, 0.3) is 0 Å². The summed E-state index contributed by atoms with van der Waals surface area (Å²) in [7, 11) is 0. The number of piperazine rings is 1. The van der Waals surface area contributed by atoms with Gasteiger partial charge in [-0.15, -0.1) is 0 Å². The summed E-state index contributed by atoms with van der Waals surface area (Å²) >= 11 is 8.36. The van der Waals surface area contributed by atoms with Crippen LogP contribution in [0, 0.1) is 6.92 Å². The lowest BCUT2D eigenvalue weighted by Crippen LogP contribution is -2.56. The summed E-state index contributed by atoms with van der Waals surface area (Å²) in [4.78, 5) is 31.0. The standard InChI is InChI=1S/C14H13ClIN5O2/c1-6-4-7-9-11(10(6)15)18-13(22)8-5-17-2-3-20(8)12(9)19-14(23)21(7)16/h4,8,17H,2-3,5H2,1H3,(H,18,22). The molecule has 1 aromatic carbocycles. The Labute approximate surface area is 150 Å². The number of carbonyl (C=O) groups is 1. The number of anilines is 2. The van der Waals surface area contributed by atoms with Crippen molar-refractivity contribution < 1.29 is 4.79 Å². The third-order valence-electron chi connectivity index (χ3n) is 4.30. The van der Waals surface area contributed by atoms with Gasteiger partial charge in [0.2, 0.25) is 5.91 Å². The van der Waals surface area contributed by atoms with Crippen molar-refractivity contribution in [1.29, 1.82) is 0 Å². The number of hydrogen-bond acceptors (Lipinski definition) is 5. The zero-order valence-electron chi connectivity index (χ0n) is 12.2. The molecule has 3 heterocycles. The second-order valence-electron chi connectivity index (χ2n) is 5.68. The fourth-order valence-electron chi connectivity index (χ4n) is 3.17. The van der Waals surface area contributed by atoms with Gasteiger partial charge in [-0.1, -0.05) is 11.6 Å². The number of nitrogens with one attached hydrogen (secondary N) is 2. The molecule has 1 atom stereocenters. The second kappa shape index (κ2) is 5.32. The molecule has 2 aliphatic heterocycles. The van der Waals surface area contributed by atoms with Gasteiger partial charge in [0.1, 0.15) is 11.9 Å². The molecule has 1 fully saturated rings. The highest BCUT2D eigenvalue weighted by molar-refractivity contribution is 14.1. The summed E-state index contributed by atoms with van der Waals surface area (Å²) < 4.78 is 1.46. The number of rotatable bonds is 0. The van der Waals surface area contributed by atoms with E-state index in [4.69, 9.17) is 11.6 Å². The molecular formula is C14H13ClIN5O2. The zero-order valence-corrected chi connectivity index (χ0v) is 15.1. The molecule has 0 aliphatic carbocycles. The van der Waals surface area contributed by atoms with Crippen LogP contribution in [0.1, 0.15) is 5.56 Å². The molecule has 1 unspecified atom stereocenters. The number of nitrogens with zero attached hydrogens (tertiary/aromatic N) is 3. The number of amides is 1. The average molecular weight is 446 g/mol. The maximum absolute atomic E-state index is 12.6. The van der Waals surface area contributed by atoms with Gasteiger partial charge < -0.3 is 15.5 Å². The summed E-state index contributed by atoms with van der Waals surface area (Å²) in [5.41, 5.74) is 1.69. The summed E-state index contributed by atoms with van der Waals surface area (Å²) in [5.74, 6) is 0.385. The minimum absolute atomic E-state index is 0.142. The molecule has 4 rings (SSSR count). The first-order chi connectivity index (χ1) is 11.0. The van der Waals surface area contributed by atoms with Crippen molar-refractivity contribution in [2.75, 3.05) is 29.9 Å². The van der Waals surface area contributed by atoms with Crippen molar-refractivity contribution in [3.8, 4) is 0 Å². The maximum atomic E-state index is 12.6. The smallest absolute Gasteiger partial charge is 0.341 e. The number of aromatic nitrogens is 2. The van der Waals surface area contributed by atoms with E-state index >= 15 is 0 Å². The Morgan fingerprint density at radius 2 is 2.22 bits per heavy atom. The van der Waals surface area contributed by atoms with Crippen LogP contribution >= 0.6 is 34.5 Å². The number of halogens is 2. The third kappa shape index (κ3) is 2.15. The number of benzene rings is 1. The van der Waals surface area contributed by atoms with Crippen LogP contribution < -0.4 is 21.2 Å². The Bertz CT molecular complexity index is 912. The van der Waals surface area contributed by atoms with Gasteiger partial charge in [-0.3, -0.25) is 4.79 Å². The molecule has 7 nitrogen and oxygen atoms in total. The molecule has 0 saturated carbocycles. The van der Waals surface area contributed by atoms with E-state index in [2.05, 4.69) is 15.6 Å². The largest absolute Gasteiger partial charge is 0.359 e. The van der Waals surface area contributed by atoms with Crippen LogP contribution in [-0.2, 0) is 4.79 Å². The molecule has 23 heavy (non-hydrogen) atoms. The number of aryl methyl sites for hydroxylation is 1. The second-order valence-corrected chi connectivity index (χ2v) is 7.02. The first kappa shape index (κ1) is 15.2. The van der Waals surface area contributed by atoms with E-state index in [-0.39, 0.29) is 11.6 Å². The minimum atomic E-state index is -0.410. The highest BCUT2D eigenvalue weighted by atomic mass is 127. The van der Waals surface area contributed by atoms with E-state index in [1.54, 1.807) is 0 Å². The normalized spacial score (nSPS) is 20.2. The number of carbonyl (C=O) groups excluding carboxylic acids is 1. The third-order valence-corrected chi connectivity index (χ3v) is 5.72. The van der Waals surface area contributed by atoms with Crippen LogP contribution in [-0.4, -0.2) is 39.3 Å². The molecule has 1 amide bonds. The van der Waals surface area contributed by atoms with Gasteiger partial charge in [-0.05, 0) is 18.6 Å². The summed E-state index contributed by atoms with van der Waals surface area (Å²) in [6.07, 6.45) is 0. The topological polar surface area (TPSA) is 79.3 Å². The van der Waals surface area contributed by atoms with Gasteiger partial charge in [0, 0.05) is 19.6 Å². The molecule has 2 aromatic rings. The summed E-state index contributed by atoms with van der Waals surface area (Å²) in [6, 6.07) is 1.45. The van der Waals surface area contributed by atoms with E-state index in [9.17, 15) is 9.59 Å². The number of fused-ring (bicyclic) bond motifs is 2. The Morgan fingerprint density at radius 1 is 1.43 bits per heavy atom. The van der Waals surface area contributed by atoms with Crippen LogP contribution in [0.25, 0.3) is 10.9 Å². The SMILES string of the molecule is Cc1cc2c3c(nc(=O)n2I)N2CCNCC2C(=O)Nc3c1Cl. The Morgan fingerprint density at radius 3 is 3.00 bits per heavy atom. The molecule has 2 N–H and O–H groups in total. The quantitative estimate of drug-likeness (QED) is 0.598. The van der Waals surface area contributed by atoms with Crippen molar-refractivity contribution >= 4 is 62.8 Å². The van der Waals surface area contributed by atoms with E-state index in [1.165, 1.54) is 2.78 Å². The van der Waals surface area contributed by atoms with Gasteiger partial charge in [0.15, 0.2) is 0 Å². The van der Waals surface area contributed by atoms with Crippen LogP contribution in [0.3, 0.4) is 0 Å². The lowest BCUT2D eigenvalue weighted by Gasteiger charge is -2.34. The first-order valence-corrected chi connectivity index (χ1v) is 8.53. The van der Waals surface area contributed by atoms with Gasteiger partial charge in [-0.2, -0.15) is 4.98 Å². The van der Waals surface area contributed by atoms with Crippen molar-refractivity contribution in [3.63, 3.8) is 0 Å². The lowest BCUT2D eigenvalue weighted by atomic mass is 10.1. The maximum Gasteiger partial charge on any atom is 0.359 e. The Balaban J connectivity index is 2.15. The first-order valence-electron chi connectivity index (χ1n) is 7.19. The number of hydrogen-bond donors (Lipinski definition) is 2. The molecule has 0 radical (unpaired) electrons. The molecule has 1 saturated heterocycles. The minimum Gasteiger partial charge on any atom is -0.341 e. The molecule has 120 valence electrons.